The predicted octanol–water partition coefficient (Wildman–Crippen LogP) is 4.61. The molecule has 2 aliphatic rings. The standard InChI is InChI=1S/C25H24FN5O2S/c26-18-4-3-16-11-15(1-2-17(16)12-18)14-28-19-5-7-20(8-6-19)29-24-27-10-9-21(30-24)13-22-23(32)31-25(33)34-22/h1-4,9-13,19-20,28H,5-8,14H2,(H,27,29,30)(H,31,32,33)/b22-13-/t19-,20+. The van der Waals surface area contributed by atoms with Gasteiger partial charge in [-0.25, -0.2) is 14.4 Å². The summed E-state index contributed by atoms with van der Waals surface area (Å²) in [5, 5.41) is 10.9. The second-order valence-corrected chi connectivity index (χ2v) is 9.57. The molecule has 1 aliphatic carbocycles. The Hall–Kier alpha value is -3.30. The Morgan fingerprint density at radius 1 is 1.03 bits per heavy atom. The molecule has 0 radical (unpaired) electrons. The number of benzene rings is 2. The molecule has 174 valence electrons. The van der Waals surface area contributed by atoms with Crippen molar-refractivity contribution in [3.8, 4) is 0 Å². The SMILES string of the molecule is O=C1NC(=O)/C(=C/c2ccnc(N[C@H]3CC[C@@H](NCc4ccc5cc(F)ccc5c4)CC3)n2)S1. The maximum atomic E-state index is 13.4. The Bertz CT molecular complexity index is 1270. The van der Waals surface area contributed by atoms with Crippen molar-refractivity contribution >= 4 is 45.7 Å². The quantitative estimate of drug-likeness (QED) is 0.446. The number of amides is 2. The van der Waals surface area contributed by atoms with Gasteiger partial charge in [-0.3, -0.25) is 14.9 Å². The fourth-order valence-electron chi connectivity index (χ4n) is 4.34. The predicted molar refractivity (Wildman–Crippen MR) is 132 cm³/mol. The van der Waals surface area contributed by atoms with Gasteiger partial charge in [0, 0.05) is 24.8 Å². The molecule has 0 spiro atoms. The number of nitrogens with zero attached hydrogens (tertiary/aromatic N) is 2. The summed E-state index contributed by atoms with van der Waals surface area (Å²) in [6.07, 6.45) is 7.32. The lowest BCUT2D eigenvalue weighted by molar-refractivity contribution is -0.115. The molecule has 2 heterocycles. The van der Waals surface area contributed by atoms with E-state index >= 15 is 0 Å². The van der Waals surface area contributed by atoms with Crippen molar-refractivity contribution in [3.63, 3.8) is 0 Å². The van der Waals surface area contributed by atoms with E-state index in [1.54, 1.807) is 24.4 Å². The summed E-state index contributed by atoms with van der Waals surface area (Å²) in [7, 11) is 0. The molecule has 0 bridgehead atoms. The van der Waals surface area contributed by atoms with E-state index in [2.05, 4.69) is 32.0 Å². The highest BCUT2D eigenvalue weighted by molar-refractivity contribution is 8.18. The highest BCUT2D eigenvalue weighted by Crippen LogP contribution is 2.26. The first-order chi connectivity index (χ1) is 16.5. The fourth-order valence-corrected chi connectivity index (χ4v) is 5.01. The number of fused-ring (bicyclic) bond motifs is 1. The lowest BCUT2D eigenvalue weighted by Gasteiger charge is -2.30. The van der Waals surface area contributed by atoms with E-state index in [0.29, 0.717) is 22.6 Å². The van der Waals surface area contributed by atoms with Gasteiger partial charge in [0.1, 0.15) is 5.82 Å². The highest BCUT2D eigenvalue weighted by Gasteiger charge is 2.25. The van der Waals surface area contributed by atoms with Gasteiger partial charge in [0.2, 0.25) is 5.95 Å². The summed E-state index contributed by atoms with van der Waals surface area (Å²) < 4.78 is 13.4. The van der Waals surface area contributed by atoms with Crippen LogP contribution in [-0.4, -0.2) is 33.2 Å². The van der Waals surface area contributed by atoms with Crippen LogP contribution in [0.5, 0.6) is 0 Å². The maximum absolute atomic E-state index is 13.4. The molecule has 1 saturated heterocycles. The largest absolute Gasteiger partial charge is 0.351 e. The van der Waals surface area contributed by atoms with E-state index in [0.717, 1.165) is 54.8 Å². The van der Waals surface area contributed by atoms with Crippen LogP contribution in [0.3, 0.4) is 0 Å². The van der Waals surface area contributed by atoms with Crippen LogP contribution in [0.25, 0.3) is 16.8 Å². The second-order valence-electron chi connectivity index (χ2n) is 8.56. The second kappa shape index (κ2) is 9.90. The number of imide groups is 1. The average molecular weight is 478 g/mol. The smallest absolute Gasteiger partial charge is 0.290 e. The van der Waals surface area contributed by atoms with Crippen LogP contribution < -0.4 is 16.0 Å². The third kappa shape index (κ3) is 5.43. The molecule has 34 heavy (non-hydrogen) atoms. The van der Waals surface area contributed by atoms with Crippen LogP contribution >= 0.6 is 11.8 Å². The molecule has 2 amide bonds. The molecular weight excluding hydrogens is 453 g/mol. The zero-order valence-corrected chi connectivity index (χ0v) is 19.2. The van der Waals surface area contributed by atoms with Crippen LogP contribution in [0.4, 0.5) is 15.1 Å². The Labute approximate surface area is 200 Å². The molecule has 0 atom stereocenters. The molecule has 3 aromatic rings. The Balaban J connectivity index is 1.12. The van der Waals surface area contributed by atoms with Crippen molar-refractivity contribution in [2.45, 2.75) is 44.3 Å². The van der Waals surface area contributed by atoms with Crippen molar-refractivity contribution in [1.82, 2.24) is 20.6 Å². The Kier molecular flexibility index (Phi) is 6.55. The Morgan fingerprint density at radius 2 is 1.79 bits per heavy atom. The highest BCUT2D eigenvalue weighted by atomic mass is 32.2. The number of carbonyl (C=O) groups excluding carboxylic acids is 2. The van der Waals surface area contributed by atoms with Crippen molar-refractivity contribution in [3.05, 3.63) is 70.6 Å². The molecule has 9 heteroatoms. The third-order valence-electron chi connectivity index (χ3n) is 6.12. The number of carbonyl (C=O) groups is 2. The minimum absolute atomic E-state index is 0.213. The van der Waals surface area contributed by atoms with E-state index < -0.39 is 5.91 Å². The Morgan fingerprint density at radius 3 is 2.59 bits per heavy atom. The maximum Gasteiger partial charge on any atom is 0.290 e. The first-order valence-electron chi connectivity index (χ1n) is 11.3. The molecule has 1 saturated carbocycles. The molecule has 2 fully saturated rings. The average Bonchev–Trinajstić information content (AvgIpc) is 3.15. The van der Waals surface area contributed by atoms with Crippen molar-refractivity contribution in [1.29, 1.82) is 0 Å². The minimum atomic E-state index is -0.397. The van der Waals surface area contributed by atoms with Gasteiger partial charge in [0.25, 0.3) is 11.1 Å². The number of aromatic nitrogens is 2. The molecular formula is C25H24FN5O2S. The van der Waals surface area contributed by atoms with Crippen molar-refractivity contribution in [2.75, 3.05) is 5.32 Å². The minimum Gasteiger partial charge on any atom is -0.351 e. The molecule has 1 aliphatic heterocycles. The summed E-state index contributed by atoms with van der Waals surface area (Å²) in [5.74, 6) is -0.0887. The van der Waals surface area contributed by atoms with Gasteiger partial charge in [0.15, 0.2) is 0 Å². The summed E-state index contributed by atoms with van der Waals surface area (Å²) in [6.45, 7) is 0.782. The number of hydrogen-bond acceptors (Lipinski definition) is 7. The molecule has 1 aromatic heterocycles. The normalized spacial score (nSPS) is 21.7. The van der Waals surface area contributed by atoms with Crippen LogP contribution in [0.1, 0.15) is 36.9 Å². The van der Waals surface area contributed by atoms with Gasteiger partial charge in [-0.15, -0.1) is 0 Å². The van der Waals surface area contributed by atoms with E-state index in [1.807, 2.05) is 18.2 Å². The molecule has 0 unspecified atom stereocenters. The number of hydrogen-bond donors (Lipinski definition) is 3. The van der Waals surface area contributed by atoms with Gasteiger partial charge in [-0.1, -0.05) is 18.2 Å². The molecule has 2 aromatic carbocycles. The zero-order valence-electron chi connectivity index (χ0n) is 18.4. The summed E-state index contributed by atoms with van der Waals surface area (Å²) in [4.78, 5) is 32.2. The molecule has 3 N–H and O–H groups in total. The number of halogens is 1. The van der Waals surface area contributed by atoms with Crippen molar-refractivity contribution in [2.24, 2.45) is 0 Å². The molecule has 5 rings (SSSR count). The third-order valence-corrected chi connectivity index (χ3v) is 6.93. The van der Waals surface area contributed by atoms with E-state index in [4.69, 9.17) is 0 Å². The summed E-state index contributed by atoms with van der Waals surface area (Å²) in [6, 6.07) is 13.4. The van der Waals surface area contributed by atoms with Gasteiger partial charge in [0.05, 0.1) is 10.6 Å². The number of anilines is 1. The summed E-state index contributed by atoms with van der Waals surface area (Å²) >= 11 is 0.873. The van der Waals surface area contributed by atoms with Gasteiger partial charge in [-0.2, -0.15) is 0 Å². The molecule has 7 nitrogen and oxygen atoms in total. The van der Waals surface area contributed by atoms with Crippen LogP contribution in [-0.2, 0) is 11.3 Å². The monoisotopic (exact) mass is 477 g/mol. The first kappa shape index (κ1) is 22.5. The van der Waals surface area contributed by atoms with E-state index in [9.17, 15) is 14.0 Å². The van der Waals surface area contributed by atoms with Crippen LogP contribution in [0, 0.1) is 5.82 Å². The van der Waals surface area contributed by atoms with Gasteiger partial charge in [-0.05, 0) is 84.1 Å². The zero-order chi connectivity index (χ0) is 23.5. The van der Waals surface area contributed by atoms with Crippen molar-refractivity contribution < 1.29 is 14.0 Å². The van der Waals surface area contributed by atoms with Crippen LogP contribution in [0.15, 0.2) is 53.6 Å². The van der Waals surface area contributed by atoms with Crippen LogP contribution in [0.2, 0.25) is 0 Å². The van der Waals surface area contributed by atoms with Gasteiger partial charge < -0.3 is 10.6 Å². The lowest BCUT2D eigenvalue weighted by Crippen LogP contribution is -2.36. The van der Waals surface area contributed by atoms with E-state index in [1.165, 1.54) is 11.6 Å². The number of rotatable bonds is 6. The summed E-state index contributed by atoms with van der Waals surface area (Å²) in [5.41, 5.74) is 1.77. The lowest BCUT2D eigenvalue weighted by atomic mass is 9.91. The number of thioether (sulfide) groups is 1. The van der Waals surface area contributed by atoms with Gasteiger partial charge >= 0.3 is 0 Å². The number of nitrogens with one attached hydrogen (secondary N) is 3. The topological polar surface area (TPSA) is 96.0 Å². The fraction of sp³-hybridized carbons (Fsp3) is 0.280. The van der Waals surface area contributed by atoms with E-state index in [-0.39, 0.29) is 17.1 Å². The first-order valence-corrected chi connectivity index (χ1v) is 12.1.